The third kappa shape index (κ3) is 4.27. The zero-order chi connectivity index (χ0) is 12.0. The fourth-order valence-electron chi connectivity index (χ4n) is 1.37. The molecule has 0 aliphatic rings. The Balaban J connectivity index is 2.46. The van der Waals surface area contributed by atoms with Crippen molar-refractivity contribution in [1.29, 1.82) is 0 Å². The molecule has 1 N–H and O–H groups in total. The topological polar surface area (TPSA) is 29.1 Å². The van der Waals surface area contributed by atoms with Crippen molar-refractivity contribution in [2.75, 3.05) is 0 Å². The molecule has 0 heterocycles. The van der Waals surface area contributed by atoms with Gasteiger partial charge in [0.25, 0.3) is 0 Å². The highest BCUT2D eigenvalue weighted by molar-refractivity contribution is 7.81. The Hall–Kier alpha value is -0.960. The maximum Gasteiger partial charge on any atom is 0.233 e. The average molecular weight is 237 g/mol. The van der Waals surface area contributed by atoms with Crippen LogP contribution in [0.3, 0.4) is 0 Å². The van der Waals surface area contributed by atoms with E-state index in [0.717, 1.165) is 12.0 Å². The van der Waals surface area contributed by atoms with Crippen LogP contribution in [-0.4, -0.2) is 17.2 Å². The van der Waals surface area contributed by atoms with E-state index in [1.165, 1.54) is 0 Å². The van der Waals surface area contributed by atoms with Crippen LogP contribution < -0.4 is 5.32 Å². The molecule has 0 saturated heterocycles. The van der Waals surface area contributed by atoms with Gasteiger partial charge >= 0.3 is 0 Å². The Morgan fingerprint density at radius 1 is 1.38 bits per heavy atom. The number of hydrogen-bond donors (Lipinski definition) is 2. The number of rotatable bonds is 5. The first-order valence-corrected chi connectivity index (χ1v) is 6.17. The van der Waals surface area contributed by atoms with E-state index >= 15 is 0 Å². The summed E-state index contributed by atoms with van der Waals surface area (Å²) in [5, 5.41) is 2.67. The van der Waals surface area contributed by atoms with Gasteiger partial charge in [-0.05, 0) is 25.3 Å². The minimum absolute atomic E-state index is 0.0153. The van der Waals surface area contributed by atoms with E-state index in [4.69, 9.17) is 0 Å². The van der Waals surface area contributed by atoms with Crippen LogP contribution in [0.15, 0.2) is 30.3 Å². The molecule has 1 rings (SSSR count). The van der Waals surface area contributed by atoms with Crippen LogP contribution in [0.25, 0.3) is 0 Å². The lowest BCUT2D eigenvalue weighted by Crippen LogP contribution is -2.38. The SMILES string of the molecule is CCC(C)NC(=O)C(S)Cc1ccccc1. The number of thiol groups is 1. The third-order valence-electron chi connectivity index (χ3n) is 2.58. The van der Waals surface area contributed by atoms with E-state index in [9.17, 15) is 4.79 Å². The summed E-state index contributed by atoms with van der Waals surface area (Å²) in [4.78, 5) is 11.7. The quantitative estimate of drug-likeness (QED) is 0.757. The van der Waals surface area contributed by atoms with Crippen LogP contribution in [0, 0.1) is 0 Å². The molecule has 0 radical (unpaired) electrons. The normalized spacial score (nSPS) is 14.2. The maximum atomic E-state index is 11.7. The number of carbonyl (C=O) groups excluding carboxylic acids is 1. The molecule has 3 heteroatoms. The van der Waals surface area contributed by atoms with E-state index in [0.29, 0.717) is 6.42 Å². The first-order chi connectivity index (χ1) is 7.63. The summed E-state index contributed by atoms with van der Waals surface area (Å²) in [6.45, 7) is 4.05. The fourth-order valence-corrected chi connectivity index (χ4v) is 1.66. The van der Waals surface area contributed by atoms with Crippen LogP contribution in [0.5, 0.6) is 0 Å². The number of carbonyl (C=O) groups is 1. The van der Waals surface area contributed by atoms with E-state index in [-0.39, 0.29) is 17.2 Å². The van der Waals surface area contributed by atoms with Crippen LogP contribution in [-0.2, 0) is 11.2 Å². The van der Waals surface area contributed by atoms with Gasteiger partial charge in [0, 0.05) is 6.04 Å². The Kier molecular flexibility index (Phi) is 5.39. The number of hydrogen-bond acceptors (Lipinski definition) is 2. The van der Waals surface area contributed by atoms with Gasteiger partial charge in [0.2, 0.25) is 5.91 Å². The summed E-state index contributed by atoms with van der Waals surface area (Å²) >= 11 is 4.34. The second kappa shape index (κ2) is 6.59. The van der Waals surface area contributed by atoms with Gasteiger partial charge in [-0.3, -0.25) is 4.79 Å². The van der Waals surface area contributed by atoms with Crippen LogP contribution in [0.1, 0.15) is 25.8 Å². The summed E-state index contributed by atoms with van der Waals surface area (Å²) in [6, 6.07) is 10.2. The Bertz CT molecular complexity index is 326. The Morgan fingerprint density at radius 2 is 2.00 bits per heavy atom. The minimum Gasteiger partial charge on any atom is -0.353 e. The van der Waals surface area contributed by atoms with Crippen LogP contribution in [0.4, 0.5) is 0 Å². The fraction of sp³-hybridized carbons (Fsp3) is 0.462. The minimum atomic E-state index is -0.267. The van der Waals surface area contributed by atoms with Crippen LogP contribution >= 0.6 is 12.6 Å². The summed E-state index contributed by atoms with van der Waals surface area (Å²) in [5.41, 5.74) is 1.14. The predicted molar refractivity (Wildman–Crippen MR) is 70.8 cm³/mol. The van der Waals surface area contributed by atoms with Crippen molar-refractivity contribution in [2.45, 2.75) is 38.0 Å². The lowest BCUT2D eigenvalue weighted by Gasteiger charge is -2.15. The molecule has 16 heavy (non-hydrogen) atoms. The number of benzene rings is 1. The smallest absolute Gasteiger partial charge is 0.233 e. The summed E-state index contributed by atoms with van der Waals surface area (Å²) in [6.07, 6.45) is 1.61. The van der Waals surface area contributed by atoms with Gasteiger partial charge in [-0.2, -0.15) is 12.6 Å². The Labute approximate surface area is 103 Å². The van der Waals surface area contributed by atoms with E-state index in [1.807, 2.05) is 37.3 Å². The summed E-state index contributed by atoms with van der Waals surface area (Å²) in [5.74, 6) is 0.0153. The molecule has 88 valence electrons. The van der Waals surface area contributed by atoms with Gasteiger partial charge in [-0.25, -0.2) is 0 Å². The molecular formula is C13H19NOS. The number of amides is 1. The van der Waals surface area contributed by atoms with E-state index < -0.39 is 0 Å². The van der Waals surface area contributed by atoms with E-state index in [1.54, 1.807) is 0 Å². The summed E-state index contributed by atoms with van der Waals surface area (Å²) in [7, 11) is 0. The van der Waals surface area contributed by atoms with Crippen molar-refractivity contribution in [2.24, 2.45) is 0 Å². The van der Waals surface area contributed by atoms with Gasteiger partial charge in [-0.15, -0.1) is 0 Å². The molecule has 1 aromatic carbocycles. The number of nitrogens with one attached hydrogen (secondary N) is 1. The average Bonchev–Trinajstić information content (AvgIpc) is 2.30. The molecule has 0 spiro atoms. The van der Waals surface area contributed by atoms with Crippen molar-refractivity contribution >= 4 is 18.5 Å². The van der Waals surface area contributed by atoms with Gasteiger partial charge in [0.15, 0.2) is 0 Å². The van der Waals surface area contributed by atoms with Gasteiger partial charge in [-0.1, -0.05) is 37.3 Å². The van der Waals surface area contributed by atoms with Crippen molar-refractivity contribution in [3.63, 3.8) is 0 Å². The van der Waals surface area contributed by atoms with Crippen molar-refractivity contribution in [3.05, 3.63) is 35.9 Å². The molecule has 2 nitrogen and oxygen atoms in total. The third-order valence-corrected chi connectivity index (χ3v) is 2.99. The lowest BCUT2D eigenvalue weighted by molar-refractivity contribution is -0.121. The second-order valence-electron chi connectivity index (χ2n) is 4.02. The molecule has 2 atom stereocenters. The lowest BCUT2D eigenvalue weighted by atomic mass is 10.1. The van der Waals surface area contributed by atoms with Crippen molar-refractivity contribution < 1.29 is 4.79 Å². The molecular weight excluding hydrogens is 218 g/mol. The van der Waals surface area contributed by atoms with Gasteiger partial charge in [0.1, 0.15) is 0 Å². The molecule has 0 aromatic heterocycles. The highest BCUT2D eigenvalue weighted by Crippen LogP contribution is 2.08. The van der Waals surface area contributed by atoms with Crippen molar-refractivity contribution in [1.82, 2.24) is 5.32 Å². The second-order valence-corrected chi connectivity index (χ2v) is 4.65. The molecule has 1 amide bonds. The zero-order valence-corrected chi connectivity index (χ0v) is 10.7. The van der Waals surface area contributed by atoms with Crippen molar-refractivity contribution in [3.8, 4) is 0 Å². The standard InChI is InChI=1S/C13H19NOS/c1-3-10(2)14-13(15)12(16)9-11-7-5-4-6-8-11/h4-8,10,12,16H,3,9H2,1-2H3,(H,14,15). The zero-order valence-electron chi connectivity index (χ0n) is 9.81. The molecule has 0 saturated carbocycles. The first-order valence-electron chi connectivity index (χ1n) is 5.65. The summed E-state index contributed by atoms with van der Waals surface area (Å²) < 4.78 is 0. The van der Waals surface area contributed by atoms with Gasteiger partial charge < -0.3 is 5.32 Å². The molecule has 0 fully saturated rings. The predicted octanol–water partition coefficient (Wildman–Crippen LogP) is 2.44. The van der Waals surface area contributed by atoms with Crippen LogP contribution in [0.2, 0.25) is 0 Å². The Morgan fingerprint density at radius 3 is 2.56 bits per heavy atom. The molecule has 2 unspecified atom stereocenters. The highest BCUT2D eigenvalue weighted by Gasteiger charge is 2.15. The molecule has 0 aliphatic carbocycles. The maximum absolute atomic E-state index is 11.7. The first kappa shape index (κ1) is 13.1. The van der Waals surface area contributed by atoms with E-state index in [2.05, 4.69) is 24.9 Å². The largest absolute Gasteiger partial charge is 0.353 e. The highest BCUT2D eigenvalue weighted by atomic mass is 32.1. The molecule has 0 aliphatic heterocycles. The molecule has 0 bridgehead atoms. The van der Waals surface area contributed by atoms with Gasteiger partial charge in [0.05, 0.1) is 5.25 Å². The molecule has 1 aromatic rings. The monoisotopic (exact) mass is 237 g/mol.